The summed E-state index contributed by atoms with van der Waals surface area (Å²) in [5.41, 5.74) is 2.74. The highest BCUT2D eigenvalue weighted by atomic mass is 79.9. The SMILES string of the molecule is COc1ccc(C)cc1N(CC(=O)N(Cc1cccc(Br)c1)[C@@H](Cc1ccccc1)C(=O)NCC(C)C)S(C)(=O)=O. The Kier molecular flexibility index (Phi) is 11.4. The van der Waals surface area contributed by atoms with E-state index in [-0.39, 0.29) is 30.5 Å². The van der Waals surface area contributed by atoms with Crippen LogP contribution in [-0.4, -0.2) is 57.6 Å². The van der Waals surface area contributed by atoms with Crippen molar-refractivity contribution in [3.63, 3.8) is 0 Å². The highest BCUT2D eigenvalue weighted by Crippen LogP contribution is 2.31. The van der Waals surface area contributed by atoms with Gasteiger partial charge in [0.05, 0.1) is 19.1 Å². The van der Waals surface area contributed by atoms with Crippen LogP contribution < -0.4 is 14.4 Å². The van der Waals surface area contributed by atoms with Crippen molar-refractivity contribution in [2.45, 2.75) is 39.8 Å². The Morgan fingerprint density at radius 3 is 2.27 bits per heavy atom. The minimum absolute atomic E-state index is 0.105. The van der Waals surface area contributed by atoms with Crippen molar-refractivity contribution in [3.05, 3.63) is 94.0 Å². The van der Waals surface area contributed by atoms with Gasteiger partial charge in [0.1, 0.15) is 18.3 Å². The van der Waals surface area contributed by atoms with Crippen molar-refractivity contribution in [1.29, 1.82) is 0 Å². The number of hydrogen-bond donors (Lipinski definition) is 1. The van der Waals surface area contributed by atoms with E-state index in [2.05, 4.69) is 21.2 Å². The summed E-state index contributed by atoms with van der Waals surface area (Å²) >= 11 is 3.49. The minimum Gasteiger partial charge on any atom is -0.495 e. The van der Waals surface area contributed by atoms with E-state index in [9.17, 15) is 18.0 Å². The number of carbonyl (C=O) groups excluding carboxylic acids is 2. The Morgan fingerprint density at radius 2 is 1.66 bits per heavy atom. The lowest BCUT2D eigenvalue weighted by Crippen LogP contribution is -2.53. The van der Waals surface area contributed by atoms with Crippen LogP contribution in [0.4, 0.5) is 5.69 Å². The number of hydrogen-bond acceptors (Lipinski definition) is 5. The van der Waals surface area contributed by atoms with Crippen LogP contribution >= 0.6 is 15.9 Å². The third-order valence-electron chi connectivity index (χ3n) is 6.48. The van der Waals surface area contributed by atoms with E-state index >= 15 is 0 Å². The van der Waals surface area contributed by atoms with Crippen LogP contribution in [0, 0.1) is 12.8 Å². The molecule has 41 heavy (non-hydrogen) atoms. The quantitative estimate of drug-likeness (QED) is 0.285. The lowest BCUT2D eigenvalue weighted by Gasteiger charge is -2.34. The van der Waals surface area contributed by atoms with E-state index in [1.807, 2.05) is 75.4 Å². The van der Waals surface area contributed by atoms with Crippen molar-refractivity contribution in [2.24, 2.45) is 5.92 Å². The van der Waals surface area contributed by atoms with Crippen LogP contribution in [0.5, 0.6) is 5.75 Å². The smallest absolute Gasteiger partial charge is 0.244 e. The fraction of sp³-hybridized carbons (Fsp3) is 0.355. The molecule has 0 heterocycles. The molecule has 0 unspecified atom stereocenters. The maximum atomic E-state index is 14.2. The molecule has 3 aromatic carbocycles. The number of aryl methyl sites for hydroxylation is 1. The monoisotopic (exact) mass is 643 g/mol. The molecule has 0 bridgehead atoms. The summed E-state index contributed by atoms with van der Waals surface area (Å²) in [6.45, 7) is 5.87. The summed E-state index contributed by atoms with van der Waals surface area (Å²) in [6.07, 6.45) is 1.31. The highest BCUT2D eigenvalue weighted by Gasteiger charge is 2.33. The number of nitrogens with one attached hydrogen (secondary N) is 1. The summed E-state index contributed by atoms with van der Waals surface area (Å²) in [5.74, 6) is -0.285. The zero-order valence-electron chi connectivity index (χ0n) is 24.1. The van der Waals surface area contributed by atoms with Gasteiger partial charge >= 0.3 is 0 Å². The predicted octanol–water partition coefficient (Wildman–Crippen LogP) is 4.94. The normalized spacial score (nSPS) is 12.1. The first kappa shape index (κ1) is 32.1. The second-order valence-corrected chi connectivity index (χ2v) is 13.3. The van der Waals surface area contributed by atoms with Crippen LogP contribution in [0.2, 0.25) is 0 Å². The summed E-state index contributed by atoms with van der Waals surface area (Å²) in [7, 11) is -2.45. The van der Waals surface area contributed by atoms with Gasteiger partial charge in [-0.05, 0) is 53.8 Å². The molecule has 0 fully saturated rings. The topological polar surface area (TPSA) is 96.0 Å². The number of nitrogens with zero attached hydrogens (tertiary/aromatic N) is 2. The van der Waals surface area contributed by atoms with Gasteiger partial charge in [-0.25, -0.2) is 8.42 Å². The fourth-order valence-corrected chi connectivity index (χ4v) is 5.69. The van der Waals surface area contributed by atoms with E-state index in [0.717, 1.165) is 31.7 Å². The van der Waals surface area contributed by atoms with Crippen LogP contribution in [0.15, 0.2) is 77.3 Å². The average molecular weight is 645 g/mol. The molecule has 0 aliphatic carbocycles. The number of rotatable bonds is 13. The summed E-state index contributed by atoms with van der Waals surface area (Å²) in [4.78, 5) is 29.4. The number of halogens is 1. The fourth-order valence-electron chi connectivity index (χ4n) is 4.40. The van der Waals surface area contributed by atoms with E-state index < -0.39 is 28.5 Å². The second-order valence-electron chi connectivity index (χ2n) is 10.4. The molecule has 10 heteroatoms. The molecule has 0 aromatic heterocycles. The van der Waals surface area contributed by atoms with Crippen molar-refractivity contribution in [1.82, 2.24) is 10.2 Å². The highest BCUT2D eigenvalue weighted by molar-refractivity contribution is 9.10. The number of anilines is 1. The molecule has 0 saturated heterocycles. The Labute approximate surface area is 251 Å². The summed E-state index contributed by atoms with van der Waals surface area (Å²) in [5, 5.41) is 2.98. The molecule has 1 atom stereocenters. The lowest BCUT2D eigenvalue weighted by molar-refractivity contribution is -0.140. The Bertz CT molecular complexity index is 1450. The van der Waals surface area contributed by atoms with Gasteiger partial charge < -0.3 is 15.0 Å². The molecule has 0 saturated carbocycles. The molecule has 3 aromatic rings. The molecule has 0 aliphatic rings. The Hall–Kier alpha value is -3.37. The van der Waals surface area contributed by atoms with Crippen LogP contribution in [-0.2, 0) is 32.6 Å². The summed E-state index contributed by atoms with van der Waals surface area (Å²) < 4.78 is 33.4. The second kappa shape index (κ2) is 14.5. The molecular weight excluding hydrogens is 606 g/mol. The van der Waals surface area contributed by atoms with Crippen LogP contribution in [0.3, 0.4) is 0 Å². The van der Waals surface area contributed by atoms with Gasteiger partial charge in [0.2, 0.25) is 21.8 Å². The first-order valence-corrected chi connectivity index (χ1v) is 16.0. The Balaban J connectivity index is 2.09. The van der Waals surface area contributed by atoms with Gasteiger partial charge in [-0.3, -0.25) is 13.9 Å². The van der Waals surface area contributed by atoms with Gasteiger partial charge in [0, 0.05) is 24.0 Å². The summed E-state index contributed by atoms with van der Waals surface area (Å²) in [6, 6.07) is 21.2. The number of amides is 2. The average Bonchev–Trinajstić information content (AvgIpc) is 2.92. The number of ether oxygens (including phenoxy) is 1. The van der Waals surface area contributed by atoms with Crippen molar-refractivity contribution >= 4 is 43.5 Å². The van der Waals surface area contributed by atoms with E-state index in [4.69, 9.17) is 4.74 Å². The molecule has 220 valence electrons. The number of methoxy groups -OCH3 is 1. The van der Waals surface area contributed by atoms with Gasteiger partial charge in [-0.2, -0.15) is 0 Å². The minimum atomic E-state index is -3.90. The van der Waals surface area contributed by atoms with Crippen molar-refractivity contribution in [2.75, 3.05) is 30.8 Å². The first-order chi connectivity index (χ1) is 19.4. The van der Waals surface area contributed by atoms with E-state index in [1.54, 1.807) is 18.2 Å². The molecule has 0 radical (unpaired) electrons. The molecule has 8 nitrogen and oxygen atoms in total. The van der Waals surface area contributed by atoms with Gasteiger partial charge in [-0.1, -0.05) is 78.3 Å². The maximum Gasteiger partial charge on any atom is 0.244 e. The van der Waals surface area contributed by atoms with Gasteiger partial charge in [0.15, 0.2) is 0 Å². The van der Waals surface area contributed by atoms with E-state index in [1.165, 1.54) is 12.0 Å². The molecular formula is C31H38BrN3O5S. The van der Waals surface area contributed by atoms with Crippen LogP contribution in [0.1, 0.15) is 30.5 Å². The van der Waals surface area contributed by atoms with Crippen molar-refractivity contribution in [3.8, 4) is 5.75 Å². The van der Waals surface area contributed by atoms with Gasteiger partial charge in [0.25, 0.3) is 0 Å². The first-order valence-electron chi connectivity index (χ1n) is 13.4. The predicted molar refractivity (Wildman–Crippen MR) is 166 cm³/mol. The van der Waals surface area contributed by atoms with Crippen molar-refractivity contribution < 1.29 is 22.7 Å². The maximum absolute atomic E-state index is 14.2. The Morgan fingerprint density at radius 1 is 0.976 bits per heavy atom. The molecule has 0 aliphatic heterocycles. The standard InChI is InChI=1S/C31H38BrN3O5S/c1-22(2)19-33-31(37)28(18-24-10-7-6-8-11-24)34(20-25-12-9-13-26(32)17-25)30(36)21-35(41(5,38)39)27-16-23(3)14-15-29(27)40-4/h6-17,22,28H,18-21H2,1-5H3,(H,33,37)/t28-/m0/s1. The lowest BCUT2D eigenvalue weighted by atomic mass is 10.0. The molecule has 2 amide bonds. The zero-order chi connectivity index (χ0) is 30.2. The van der Waals surface area contributed by atoms with Gasteiger partial charge in [-0.15, -0.1) is 0 Å². The molecule has 0 spiro atoms. The number of carbonyl (C=O) groups is 2. The van der Waals surface area contributed by atoms with Crippen LogP contribution in [0.25, 0.3) is 0 Å². The number of sulfonamides is 1. The third-order valence-corrected chi connectivity index (χ3v) is 8.10. The largest absolute Gasteiger partial charge is 0.495 e. The number of benzene rings is 3. The molecule has 1 N–H and O–H groups in total. The molecule has 3 rings (SSSR count). The zero-order valence-corrected chi connectivity index (χ0v) is 26.5. The van der Waals surface area contributed by atoms with E-state index in [0.29, 0.717) is 12.3 Å². The third kappa shape index (κ3) is 9.33.